The Hall–Kier alpha value is -4.13. The quantitative estimate of drug-likeness (QED) is 0.433. The summed E-state index contributed by atoms with van der Waals surface area (Å²) in [6.07, 6.45) is -0.248. The van der Waals surface area contributed by atoms with Crippen LogP contribution in [0, 0.1) is 6.92 Å². The van der Waals surface area contributed by atoms with Gasteiger partial charge in [-0.05, 0) is 29.2 Å². The van der Waals surface area contributed by atoms with Gasteiger partial charge < -0.3 is 21.1 Å². The van der Waals surface area contributed by atoms with Gasteiger partial charge in [-0.3, -0.25) is 9.59 Å². The van der Waals surface area contributed by atoms with Crippen LogP contribution in [0.15, 0.2) is 84.9 Å². The Balaban J connectivity index is 1.70. The molecular formula is C27H29N3O4. The summed E-state index contributed by atoms with van der Waals surface area (Å²) in [6.45, 7) is 2.00. The Morgan fingerprint density at radius 1 is 0.765 bits per heavy atom. The van der Waals surface area contributed by atoms with Gasteiger partial charge in [-0.15, -0.1) is 0 Å². The van der Waals surface area contributed by atoms with Crippen molar-refractivity contribution in [2.24, 2.45) is 5.73 Å². The average Bonchev–Trinajstić information content (AvgIpc) is 2.84. The first kappa shape index (κ1) is 24.5. The maximum Gasteiger partial charge on any atom is 0.408 e. The van der Waals surface area contributed by atoms with Gasteiger partial charge in [0.1, 0.15) is 18.7 Å². The summed E-state index contributed by atoms with van der Waals surface area (Å²) in [5.41, 5.74) is 9.15. The monoisotopic (exact) mass is 459 g/mol. The molecule has 4 N–H and O–H groups in total. The molecule has 34 heavy (non-hydrogen) atoms. The number of rotatable bonds is 10. The molecule has 0 radical (unpaired) electrons. The van der Waals surface area contributed by atoms with Gasteiger partial charge in [-0.2, -0.15) is 0 Å². The molecule has 0 aliphatic heterocycles. The number of carbonyl (C=O) groups is 3. The fourth-order valence-electron chi connectivity index (χ4n) is 3.52. The highest BCUT2D eigenvalue weighted by molar-refractivity contribution is 5.91. The number of nitrogens with one attached hydrogen (secondary N) is 2. The third-order valence-corrected chi connectivity index (χ3v) is 5.45. The number of hydrogen-bond acceptors (Lipinski definition) is 4. The minimum atomic E-state index is -0.954. The highest BCUT2D eigenvalue weighted by Gasteiger charge is 2.27. The molecule has 0 aliphatic rings. The molecule has 7 heteroatoms. The first-order valence-corrected chi connectivity index (χ1v) is 11.1. The minimum Gasteiger partial charge on any atom is -0.445 e. The Labute approximate surface area is 199 Å². The molecule has 3 rings (SSSR count). The van der Waals surface area contributed by atoms with Gasteiger partial charge >= 0.3 is 6.09 Å². The van der Waals surface area contributed by atoms with Crippen LogP contribution in [-0.4, -0.2) is 30.0 Å². The second kappa shape index (κ2) is 12.2. The van der Waals surface area contributed by atoms with E-state index in [4.69, 9.17) is 10.5 Å². The number of hydrogen-bond donors (Lipinski definition) is 3. The molecular weight excluding hydrogens is 430 g/mol. The number of primary amides is 1. The predicted molar refractivity (Wildman–Crippen MR) is 130 cm³/mol. The van der Waals surface area contributed by atoms with E-state index in [1.807, 2.05) is 91.9 Å². The summed E-state index contributed by atoms with van der Waals surface area (Å²) in [7, 11) is 0. The molecule has 176 valence electrons. The van der Waals surface area contributed by atoms with Crippen molar-refractivity contribution in [1.82, 2.24) is 10.6 Å². The maximum absolute atomic E-state index is 13.2. The average molecular weight is 460 g/mol. The van der Waals surface area contributed by atoms with E-state index >= 15 is 0 Å². The van der Waals surface area contributed by atoms with Crippen LogP contribution in [0.2, 0.25) is 0 Å². The number of alkyl carbamates (subject to hydrolysis) is 1. The number of ether oxygens (including phenoxy) is 1. The number of amides is 3. The molecule has 0 fully saturated rings. The van der Waals surface area contributed by atoms with E-state index in [1.165, 1.54) is 0 Å². The first-order chi connectivity index (χ1) is 16.4. The second-order valence-corrected chi connectivity index (χ2v) is 8.04. The molecule has 2 atom stereocenters. The smallest absolute Gasteiger partial charge is 0.408 e. The summed E-state index contributed by atoms with van der Waals surface area (Å²) in [5, 5.41) is 5.34. The van der Waals surface area contributed by atoms with Crippen molar-refractivity contribution in [3.05, 3.63) is 107 Å². The van der Waals surface area contributed by atoms with Crippen LogP contribution < -0.4 is 16.4 Å². The zero-order chi connectivity index (χ0) is 24.3. The van der Waals surface area contributed by atoms with Crippen LogP contribution >= 0.6 is 0 Å². The van der Waals surface area contributed by atoms with Gasteiger partial charge in [0.05, 0.1) is 0 Å². The van der Waals surface area contributed by atoms with Crippen molar-refractivity contribution < 1.29 is 19.1 Å². The largest absolute Gasteiger partial charge is 0.445 e. The fraction of sp³-hybridized carbons (Fsp3) is 0.222. The Kier molecular flexibility index (Phi) is 8.80. The molecule has 0 bridgehead atoms. The van der Waals surface area contributed by atoms with Gasteiger partial charge in [0.25, 0.3) is 0 Å². The lowest BCUT2D eigenvalue weighted by atomic mass is 10.00. The molecule has 0 unspecified atom stereocenters. The lowest BCUT2D eigenvalue weighted by Gasteiger charge is -2.22. The SMILES string of the molecule is Cc1ccccc1C[C@@H](NC(=O)[C@@H](Cc1ccccc1)NC(=O)OCc1ccccc1)C(N)=O. The molecule has 3 amide bonds. The highest BCUT2D eigenvalue weighted by Crippen LogP contribution is 2.11. The normalized spacial score (nSPS) is 12.3. The van der Waals surface area contributed by atoms with Crippen LogP contribution in [0.1, 0.15) is 22.3 Å². The second-order valence-electron chi connectivity index (χ2n) is 8.04. The van der Waals surface area contributed by atoms with E-state index in [0.717, 1.165) is 22.3 Å². The van der Waals surface area contributed by atoms with Crippen molar-refractivity contribution in [1.29, 1.82) is 0 Å². The van der Waals surface area contributed by atoms with E-state index in [9.17, 15) is 14.4 Å². The van der Waals surface area contributed by atoms with Crippen LogP contribution in [0.4, 0.5) is 4.79 Å². The van der Waals surface area contributed by atoms with E-state index < -0.39 is 30.0 Å². The highest BCUT2D eigenvalue weighted by atomic mass is 16.5. The molecule has 7 nitrogen and oxygen atoms in total. The Morgan fingerprint density at radius 3 is 1.97 bits per heavy atom. The Bertz CT molecular complexity index is 1100. The van der Waals surface area contributed by atoms with E-state index in [1.54, 1.807) is 0 Å². The van der Waals surface area contributed by atoms with Crippen LogP contribution in [0.3, 0.4) is 0 Å². The third kappa shape index (κ3) is 7.48. The summed E-state index contributed by atoms with van der Waals surface area (Å²) < 4.78 is 5.29. The van der Waals surface area contributed by atoms with Crippen molar-refractivity contribution >= 4 is 17.9 Å². The van der Waals surface area contributed by atoms with Crippen molar-refractivity contribution in [2.75, 3.05) is 0 Å². The molecule has 0 aliphatic carbocycles. The van der Waals surface area contributed by atoms with Gasteiger partial charge in [0.2, 0.25) is 11.8 Å². The lowest BCUT2D eigenvalue weighted by molar-refractivity contribution is -0.128. The molecule has 0 saturated carbocycles. The molecule has 3 aromatic carbocycles. The summed E-state index contributed by atoms with van der Waals surface area (Å²) in [4.78, 5) is 37.7. The molecule has 0 saturated heterocycles. The standard InChI is InChI=1S/C27H29N3O4/c1-19-10-8-9-15-22(19)17-23(25(28)31)29-26(32)24(16-20-11-4-2-5-12-20)30-27(33)34-18-21-13-6-3-7-14-21/h2-15,23-24H,16-18H2,1H3,(H2,28,31)(H,29,32)(H,30,33)/t23-,24-/m1/s1. The molecule has 3 aromatic rings. The van der Waals surface area contributed by atoms with Gasteiger partial charge in [-0.25, -0.2) is 4.79 Å². The summed E-state index contributed by atoms with van der Waals surface area (Å²) >= 11 is 0. The molecule has 0 spiro atoms. The molecule has 0 aromatic heterocycles. The summed E-state index contributed by atoms with van der Waals surface area (Å²) in [6, 6.07) is 24.2. The molecule has 0 heterocycles. The lowest BCUT2D eigenvalue weighted by Crippen LogP contribution is -2.54. The van der Waals surface area contributed by atoms with Gasteiger partial charge in [0.15, 0.2) is 0 Å². The maximum atomic E-state index is 13.2. The number of aryl methyl sites for hydroxylation is 1. The zero-order valence-electron chi connectivity index (χ0n) is 19.1. The topological polar surface area (TPSA) is 111 Å². The fourth-order valence-corrected chi connectivity index (χ4v) is 3.52. The van der Waals surface area contributed by atoms with E-state index in [-0.39, 0.29) is 19.4 Å². The van der Waals surface area contributed by atoms with Crippen LogP contribution in [0.5, 0.6) is 0 Å². The minimum absolute atomic E-state index is 0.0730. The first-order valence-electron chi connectivity index (χ1n) is 11.1. The summed E-state index contributed by atoms with van der Waals surface area (Å²) in [5.74, 6) is -1.17. The number of carbonyl (C=O) groups excluding carboxylic acids is 3. The van der Waals surface area contributed by atoms with Gasteiger partial charge in [-0.1, -0.05) is 84.9 Å². The Morgan fingerprint density at radius 2 is 1.35 bits per heavy atom. The van der Waals surface area contributed by atoms with E-state index in [2.05, 4.69) is 10.6 Å². The van der Waals surface area contributed by atoms with Crippen molar-refractivity contribution in [3.8, 4) is 0 Å². The number of benzene rings is 3. The zero-order valence-corrected chi connectivity index (χ0v) is 19.1. The number of nitrogens with two attached hydrogens (primary N) is 1. The van der Waals surface area contributed by atoms with Gasteiger partial charge in [0, 0.05) is 12.8 Å². The third-order valence-electron chi connectivity index (χ3n) is 5.45. The predicted octanol–water partition coefficient (Wildman–Crippen LogP) is 3.05. The van der Waals surface area contributed by atoms with Crippen LogP contribution in [-0.2, 0) is 33.8 Å². The van der Waals surface area contributed by atoms with E-state index in [0.29, 0.717) is 0 Å². The van der Waals surface area contributed by atoms with Crippen LogP contribution in [0.25, 0.3) is 0 Å². The van der Waals surface area contributed by atoms with Crippen molar-refractivity contribution in [2.45, 2.75) is 38.5 Å². The van der Waals surface area contributed by atoms with Crippen molar-refractivity contribution in [3.63, 3.8) is 0 Å².